The minimum Gasteiger partial charge on any atom is -0.462 e. The molecule has 5 N–H and O–H groups in total. The molecule has 0 aromatic carbocycles. The Morgan fingerprint density at radius 1 is 0.600 bits per heavy atom. The van der Waals surface area contributed by atoms with Crippen molar-refractivity contribution in [2.45, 2.75) is 219 Å². The van der Waals surface area contributed by atoms with Gasteiger partial charge in [-0.3, -0.25) is 18.6 Å². The Labute approximate surface area is 364 Å². The van der Waals surface area contributed by atoms with Crippen LogP contribution in [0.15, 0.2) is 36.5 Å². The number of aliphatic hydroxyl groups excluding tert-OH is 4. The molecule has 0 saturated carbocycles. The number of hydrogen-bond donors (Lipinski definition) is 5. The largest absolute Gasteiger partial charge is 0.472 e. The fourth-order valence-corrected chi connectivity index (χ4v) is 7.16. The van der Waals surface area contributed by atoms with Gasteiger partial charge in [-0.2, -0.15) is 0 Å². The van der Waals surface area contributed by atoms with Gasteiger partial charge in [0.15, 0.2) is 6.10 Å². The summed E-state index contributed by atoms with van der Waals surface area (Å²) in [7, 11) is -4.70. The molecule has 0 amide bonds. The first kappa shape index (κ1) is 58.1. The van der Waals surface area contributed by atoms with Crippen LogP contribution in [-0.2, 0) is 32.7 Å². The zero-order valence-corrected chi connectivity index (χ0v) is 38.7. The Hall–Kier alpha value is -1.89. The predicted molar refractivity (Wildman–Crippen MR) is 240 cm³/mol. The lowest BCUT2D eigenvalue weighted by atomic mass is 9.99. The molecule has 0 rings (SSSR count). The van der Waals surface area contributed by atoms with Gasteiger partial charge in [0.2, 0.25) is 0 Å². The molecule has 4 unspecified atom stereocenters. The number of carbonyl (C=O) groups excluding carboxylic acids is 2. The third-order valence-electron chi connectivity index (χ3n) is 10.5. The summed E-state index contributed by atoms with van der Waals surface area (Å²) < 4.78 is 32.6. The van der Waals surface area contributed by atoms with Crippen LogP contribution in [0.25, 0.3) is 0 Å². The topological polar surface area (TPSA) is 189 Å². The Balaban J connectivity index is 4.47. The van der Waals surface area contributed by atoms with Crippen LogP contribution in [0, 0.1) is 5.92 Å². The molecule has 0 saturated heterocycles. The van der Waals surface area contributed by atoms with E-state index in [-0.39, 0.29) is 32.1 Å². The van der Waals surface area contributed by atoms with Crippen molar-refractivity contribution in [3.8, 4) is 0 Å². The number of unbranched alkanes of at least 4 members (excludes halogenated alkanes) is 16. The smallest absolute Gasteiger partial charge is 0.462 e. The number of esters is 2. The van der Waals surface area contributed by atoms with Crippen LogP contribution in [0.2, 0.25) is 0 Å². The average Bonchev–Trinajstić information content (AvgIpc) is 3.23. The maximum absolute atomic E-state index is 12.7. The molecular formula is C47H87O12P. The van der Waals surface area contributed by atoms with E-state index in [1.807, 2.05) is 12.2 Å². The van der Waals surface area contributed by atoms with Gasteiger partial charge in [0.1, 0.15) is 12.7 Å². The number of rotatable bonds is 43. The lowest BCUT2D eigenvalue weighted by molar-refractivity contribution is -0.161. The number of allylic oxidation sites excluding steroid dienone is 5. The summed E-state index contributed by atoms with van der Waals surface area (Å²) in [6, 6.07) is 0. The molecule has 0 spiro atoms. The van der Waals surface area contributed by atoms with E-state index in [0.717, 1.165) is 44.4 Å². The summed E-state index contributed by atoms with van der Waals surface area (Å²) >= 11 is 0. The molecular weight excluding hydrogens is 787 g/mol. The molecule has 0 radical (unpaired) electrons. The van der Waals surface area contributed by atoms with Gasteiger partial charge in [-0.15, -0.1) is 0 Å². The maximum Gasteiger partial charge on any atom is 0.472 e. The summed E-state index contributed by atoms with van der Waals surface area (Å²) in [6.45, 7) is 4.40. The van der Waals surface area contributed by atoms with Crippen LogP contribution in [-0.4, -0.2) is 88.1 Å². The first-order chi connectivity index (χ1) is 28.9. The number of phosphoric ester groups is 1. The minimum atomic E-state index is -4.70. The summed E-state index contributed by atoms with van der Waals surface area (Å²) in [4.78, 5) is 35.1. The van der Waals surface area contributed by atoms with Gasteiger partial charge in [0.05, 0.1) is 32.0 Å². The van der Waals surface area contributed by atoms with E-state index in [2.05, 4.69) is 49.6 Å². The van der Waals surface area contributed by atoms with Crippen LogP contribution < -0.4 is 0 Å². The summed E-state index contributed by atoms with van der Waals surface area (Å²) in [5, 5.41) is 39.1. The molecule has 0 aromatic rings. The molecule has 0 bridgehead atoms. The predicted octanol–water partition coefficient (Wildman–Crippen LogP) is 10.5. The van der Waals surface area contributed by atoms with Crippen molar-refractivity contribution in [2.75, 3.05) is 26.4 Å². The lowest BCUT2D eigenvalue weighted by Crippen LogP contribution is -2.30. The third kappa shape index (κ3) is 39.0. The first-order valence-corrected chi connectivity index (χ1v) is 25.0. The minimum absolute atomic E-state index is 0.128. The molecule has 0 aliphatic carbocycles. The second kappa shape index (κ2) is 41.1. The Bertz CT molecular complexity index is 1150. The second-order valence-corrected chi connectivity index (χ2v) is 17.8. The first-order valence-electron chi connectivity index (χ1n) is 23.5. The molecule has 0 aromatic heterocycles. The summed E-state index contributed by atoms with van der Waals surface area (Å²) in [5.41, 5.74) is 0. The van der Waals surface area contributed by atoms with Gasteiger partial charge >= 0.3 is 19.8 Å². The van der Waals surface area contributed by atoms with E-state index < -0.39 is 70.6 Å². The van der Waals surface area contributed by atoms with Gasteiger partial charge in [-0.05, 0) is 57.3 Å². The number of phosphoric acid groups is 1. The summed E-state index contributed by atoms with van der Waals surface area (Å²) in [6.07, 6.45) is 34.1. The highest BCUT2D eigenvalue weighted by Crippen LogP contribution is 2.43. The number of aliphatic hydroxyl groups is 4. The Morgan fingerprint density at radius 3 is 1.72 bits per heavy atom. The molecule has 12 nitrogen and oxygen atoms in total. The van der Waals surface area contributed by atoms with Crippen LogP contribution in [0.3, 0.4) is 0 Å². The monoisotopic (exact) mass is 875 g/mol. The molecule has 13 heteroatoms. The fraction of sp³-hybridized carbons (Fsp3) is 0.830. The van der Waals surface area contributed by atoms with Gasteiger partial charge in [-0.1, -0.05) is 166 Å². The highest BCUT2D eigenvalue weighted by molar-refractivity contribution is 7.47. The molecule has 60 heavy (non-hydrogen) atoms. The highest BCUT2D eigenvalue weighted by Gasteiger charge is 2.27. The lowest BCUT2D eigenvalue weighted by Gasteiger charge is -2.20. The zero-order valence-electron chi connectivity index (χ0n) is 37.8. The van der Waals surface area contributed by atoms with E-state index in [4.69, 9.17) is 19.1 Å². The quantitative estimate of drug-likeness (QED) is 0.0169. The molecule has 0 aliphatic rings. The molecule has 0 aliphatic heterocycles. The van der Waals surface area contributed by atoms with Crippen LogP contribution >= 0.6 is 7.82 Å². The Kier molecular flexibility index (Phi) is 39.8. The second-order valence-electron chi connectivity index (χ2n) is 16.3. The number of ether oxygens (including phenoxy) is 2. The van der Waals surface area contributed by atoms with Crippen molar-refractivity contribution >= 4 is 19.8 Å². The van der Waals surface area contributed by atoms with E-state index >= 15 is 0 Å². The van der Waals surface area contributed by atoms with Crippen molar-refractivity contribution < 1.29 is 58.0 Å². The van der Waals surface area contributed by atoms with E-state index in [9.17, 15) is 34.4 Å². The van der Waals surface area contributed by atoms with Gasteiger partial charge < -0.3 is 34.8 Å². The van der Waals surface area contributed by atoms with E-state index in [1.54, 1.807) is 0 Å². The zero-order chi connectivity index (χ0) is 44.5. The molecule has 352 valence electrons. The normalized spacial score (nSPS) is 15.7. The van der Waals surface area contributed by atoms with Crippen molar-refractivity contribution in [2.24, 2.45) is 5.92 Å². The van der Waals surface area contributed by atoms with Crippen molar-refractivity contribution in [1.29, 1.82) is 0 Å². The SMILES string of the molecule is CCCCC/C=C\C/C=C\C/C=C\CC(O)C(O)CCCC(=O)O[C@H](COC(=O)CCCCCCCCCCCCCCCCC(C)CC)COP(=O)(O)OC[C@@H](O)CO. The number of hydrogen-bond acceptors (Lipinski definition) is 11. The van der Waals surface area contributed by atoms with Crippen molar-refractivity contribution in [3.05, 3.63) is 36.5 Å². The fourth-order valence-electron chi connectivity index (χ4n) is 6.37. The van der Waals surface area contributed by atoms with Crippen molar-refractivity contribution in [3.63, 3.8) is 0 Å². The highest BCUT2D eigenvalue weighted by atomic mass is 31.2. The van der Waals surface area contributed by atoms with Gasteiger partial charge in [0.25, 0.3) is 0 Å². The molecule has 0 fully saturated rings. The van der Waals surface area contributed by atoms with Crippen LogP contribution in [0.4, 0.5) is 0 Å². The Morgan fingerprint density at radius 2 is 1.13 bits per heavy atom. The van der Waals surface area contributed by atoms with Crippen molar-refractivity contribution in [1.82, 2.24) is 0 Å². The van der Waals surface area contributed by atoms with E-state index in [1.165, 1.54) is 96.3 Å². The van der Waals surface area contributed by atoms with Gasteiger partial charge in [-0.25, -0.2) is 4.57 Å². The third-order valence-corrected chi connectivity index (χ3v) is 11.5. The van der Waals surface area contributed by atoms with Crippen LogP contribution in [0.1, 0.15) is 194 Å². The molecule has 0 heterocycles. The standard InChI is InChI=1S/C47H87O12P/c1-4-6-7-8-9-10-11-17-20-23-26-29-33-44(50)45(51)34-31-36-47(53)59-43(40-58-60(54,55)57-38-42(49)37-48)39-56-46(52)35-30-27-24-21-18-15-13-12-14-16-19-22-25-28-32-41(3)5-2/h9-10,17,20,26,29,41-45,48-51H,4-8,11-16,18-19,21-25,27-28,30-40H2,1-3H3,(H,54,55)/b10-9-,20-17-,29-26-/t41?,42-,43+,44?,45?/m0/s1. The van der Waals surface area contributed by atoms with Crippen LogP contribution in [0.5, 0.6) is 0 Å². The summed E-state index contributed by atoms with van der Waals surface area (Å²) in [5.74, 6) is -0.342. The average molecular weight is 875 g/mol. The maximum atomic E-state index is 12.7. The van der Waals surface area contributed by atoms with E-state index in [0.29, 0.717) is 6.42 Å². The molecule has 6 atom stereocenters. The number of carbonyl (C=O) groups is 2. The van der Waals surface area contributed by atoms with Gasteiger partial charge in [0, 0.05) is 12.8 Å².